The Hall–Kier alpha value is -2.36. The lowest BCUT2D eigenvalue weighted by atomic mass is 10.2. The number of carboxylic acids is 1. The lowest BCUT2D eigenvalue weighted by molar-refractivity contribution is -0.149. The Morgan fingerprint density at radius 1 is 1.14 bits per heavy atom. The molecule has 21 heavy (non-hydrogen) atoms. The quantitative estimate of drug-likeness (QED) is 0.409. The van der Waals surface area contributed by atoms with Crippen LogP contribution in [0, 0.1) is 0 Å². The lowest BCUT2D eigenvalue weighted by Gasteiger charge is -2.21. The van der Waals surface area contributed by atoms with Crippen molar-refractivity contribution in [1.29, 1.82) is 0 Å². The number of carboxylic acid groups (broad SMARTS) is 1. The number of carbonyl (C=O) groups excluding carboxylic acids is 3. The van der Waals surface area contributed by atoms with Crippen LogP contribution in [-0.2, 0) is 19.1 Å². The Kier molecular flexibility index (Phi) is 5.91. The number of nitrogens with one attached hydrogen (secondary N) is 1. The van der Waals surface area contributed by atoms with E-state index in [1.165, 1.54) is 0 Å². The van der Waals surface area contributed by atoms with E-state index in [1.807, 2.05) is 0 Å². The minimum absolute atomic E-state index is 0.0661. The molecule has 0 aromatic heterocycles. The predicted molar refractivity (Wildman–Crippen MR) is 68.9 cm³/mol. The van der Waals surface area contributed by atoms with E-state index in [4.69, 9.17) is 21.3 Å². The number of rotatable bonds is 7. The average Bonchev–Trinajstić information content (AvgIpc) is 2.82. The van der Waals surface area contributed by atoms with Crippen molar-refractivity contribution in [3.63, 3.8) is 0 Å². The molecule has 0 spiro atoms. The highest BCUT2D eigenvalue weighted by Crippen LogP contribution is 2.19. The van der Waals surface area contributed by atoms with Gasteiger partial charge in [0.1, 0.15) is 13.1 Å². The van der Waals surface area contributed by atoms with E-state index in [2.05, 4.69) is 5.32 Å². The van der Waals surface area contributed by atoms with Gasteiger partial charge in [-0.2, -0.15) is 0 Å². The lowest BCUT2D eigenvalue weighted by Crippen LogP contribution is -2.49. The minimum Gasteiger partial charge on any atom is -0.479 e. The normalized spacial score (nSPS) is 20.8. The summed E-state index contributed by atoms with van der Waals surface area (Å²) in [5.41, 5.74) is 9.95. The van der Waals surface area contributed by atoms with Crippen LogP contribution >= 0.6 is 0 Å². The van der Waals surface area contributed by atoms with Gasteiger partial charge < -0.3 is 31.5 Å². The molecule has 1 rings (SSSR count). The van der Waals surface area contributed by atoms with Crippen molar-refractivity contribution >= 4 is 23.8 Å². The first-order chi connectivity index (χ1) is 9.79. The van der Waals surface area contributed by atoms with Gasteiger partial charge in [-0.1, -0.05) is 0 Å². The Morgan fingerprint density at radius 3 is 2.14 bits per heavy atom. The molecule has 0 bridgehead atoms. The largest absolute Gasteiger partial charge is 0.479 e. The van der Waals surface area contributed by atoms with Crippen molar-refractivity contribution in [3.05, 3.63) is 0 Å². The van der Waals surface area contributed by atoms with Crippen molar-refractivity contribution < 1.29 is 29.0 Å². The highest BCUT2D eigenvalue weighted by atomic mass is 16.5. The van der Waals surface area contributed by atoms with Crippen LogP contribution in [0.5, 0.6) is 0 Å². The topological polar surface area (TPSA) is 165 Å². The maximum absolute atomic E-state index is 11.8. The van der Waals surface area contributed by atoms with Crippen LogP contribution in [-0.4, -0.2) is 65.7 Å². The fourth-order valence-corrected chi connectivity index (χ4v) is 1.93. The van der Waals surface area contributed by atoms with Gasteiger partial charge in [0.2, 0.25) is 11.8 Å². The SMILES string of the molecule is NC(=O)CN(CC(N)=O)C(=O)NCC1CCC(C(=O)O)O1. The van der Waals surface area contributed by atoms with E-state index in [1.54, 1.807) is 0 Å². The Labute approximate surface area is 120 Å². The smallest absolute Gasteiger partial charge is 0.332 e. The van der Waals surface area contributed by atoms with Gasteiger partial charge in [-0.3, -0.25) is 9.59 Å². The highest BCUT2D eigenvalue weighted by Gasteiger charge is 2.31. The zero-order valence-corrected chi connectivity index (χ0v) is 11.3. The number of amides is 4. The summed E-state index contributed by atoms with van der Waals surface area (Å²) in [5.74, 6) is -2.61. The first kappa shape index (κ1) is 16.7. The molecule has 4 amide bonds. The number of ether oxygens (including phenoxy) is 1. The summed E-state index contributed by atoms with van der Waals surface area (Å²) in [6.45, 7) is -0.827. The Balaban J connectivity index is 2.44. The van der Waals surface area contributed by atoms with Crippen LogP contribution in [0.2, 0.25) is 0 Å². The van der Waals surface area contributed by atoms with Gasteiger partial charge >= 0.3 is 12.0 Å². The first-order valence-corrected chi connectivity index (χ1v) is 6.27. The number of carbonyl (C=O) groups is 4. The Morgan fingerprint density at radius 2 is 1.71 bits per heavy atom. The summed E-state index contributed by atoms with van der Waals surface area (Å²) in [6.07, 6.45) is -0.455. The van der Waals surface area contributed by atoms with E-state index < -0.39 is 49.1 Å². The number of nitrogens with zero attached hydrogens (tertiary/aromatic N) is 1. The van der Waals surface area contributed by atoms with Gasteiger partial charge in [0.05, 0.1) is 6.10 Å². The molecule has 1 aliphatic rings. The molecule has 10 heteroatoms. The third kappa shape index (κ3) is 5.65. The number of urea groups is 1. The molecule has 0 saturated carbocycles. The fourth-order valence-electron chi connectivity index (χ4n) is 1.93. The standard InChI is InChI=1S/C11H18N4O6/c12-8(16)4-15(5-9(13)17)11(20)14-3-6-1-2-7(21-6)10(18)19/h6-7H,1-5H2,(H2,12,16)(H2,13,17)(H,14,20)(H,18,19). The summed E-state index contributed by atoms with van der Waals surface area (Å²) >= 11 is 0. The molecular weight excluding hydrogens is 284 g/mol. The molecular formula is C11H18N4O6. The van der Waals surface area contributed by atoms with Crippen molar-refractivity contribution in [2.24, 2.45) is 11.5 Å². The average molecular weight is 302 g/mol. The molecule has 0 aromatic carbocycles. The maximum Gasteiger partial charge on any atom is 0.332 e. The number of nitrogens with two attached hydrogens (primary N) is 2. The van der Waals surface area contributed by atoms with Crippen LogP contribution in [0.15, 0.2) is 0 Å². The van der Waals surface area contributed by atoms with Crippen molar-refractivity contribution in [2.75, 3.05) is 19.6 Å². The summed E-state index contributed by atoms with van der Waals surface area (Å²) in [4.78, 5) is 45.1. The summed E-state index contributed by atoms with van der Waals surface area (Å²) in [6, 6.07) is -0.699. The zero-order chi connectivity index (χ0) is 16.0. The number of primary amides is 2. The van der Waals surface area contributed by atoms with Crippen molar-refractivity contribution in [2.45, 2.75) is 25.0 Å². The maximum atomic E-state index is 11.8. The van der Waals surface area contributed by atoms with Crippen LogP contribution < -0.4 is 16.8 Å². The van der Waals surface area contributed by atoms with E-state index in [0.29, 0.717) is 12.8 Å². The van der Waals surface area contributed by atoms with E-state index >= 15 is 0 Å². The van der Waals surface area contributed by atoms with Crippen LogP contribution in [0.1, 0.15) is 12.8 Å². The monoisotopic (exact) mass is 302 g/mol. The van der Waals surface area contributed by atoms with E-state index in [0.717, 1.165) is 4.90 Å². The third-order valence-corrected chi connectivity index (χ3v) is 2.84. The molecule has 1 saturated heterocycles. The van der Waals surface area contributed by atoms with Gasteiger partial charge in [0.15, 0.2) is 6.10 Å². The molecule has 0 aliphatic carbocycles. The molecule has 6 N–H and O–H groups in total. The second-order valence-electron chi connectivity index (χ2n) is 4.64. The number of hydrogen-bond donors (Lipinski definition) is 4. The summed E-state index contributed by atoms with van der Waals surface area (Å²) < 4.78 is 5.20. The molecule has 1 aliphatic heterocycles. The Bertz CT molecular complexity index is 424. The molecule has 0 radical (unpaired) electrons. The van der Waals surface area contributed by atoms with Crippen molar-refractivity contribution in [1.82, 2.24) is 10.2 Å². The molecule has 118 valence electrons. The first-order valence-electron chi connectivity index (χ1n) is 6.27. The molecule has 1 heterocycles. The van der Waals surface area contributed by atoms with Crippen LogP contribution in [0.25, 0.3) is 0 Å². The predicted octanol–water partition coefficient (Wildman–Crippen LogP) is -2.40. The van der Waals surface area contributed by atoms with Crippen molar-refractivity contribution in [3.8, 4) is 0 Å². The summed E-state index contributed by atoms with van der Waals surface area (Å²) in [7, 11) is 0. The molecule has 0 aromatic rings. The van der Waals surface area contributed by atoms with Crippen LogP contribution in [0.4, 0.5) is 4.79 Å². The molecule has 2 unspecified atom stereocenters. The zero-order valence-electron chi connectivity index (χ0n) is 11.3. The molecule has 2 atom stereocenters. The minimum atomic E-state index is -1.05. The van der Waals surface area contributed by atoms with E-state index in [-0.39, 0.29) is 6.54 Å². The fraction of sp³-hybridized carbons (Fsp3) is 0.636. The van der Waals surface area contributed by atoms with E-state index in [9.17, 15) is 19.2 Å². The van der Waals surface area contributed by atoms with Gasteiger partial charge in [0, 0.05) is 6.54 Å². The second-order valence-corrected chi connectivity index (χ2v) is 4.64. The van der Waals surface area contributed by atoms with Gasteiger partial charge in [-0.15, -0.1) is 0 Å². The molecule has 10 nitrogen and oxygen atoms in total. The summed E-state index contributed by atoms with van der Waals surface area (Å²) in [5, 5.41) is 11.2. The number of hydrogen-bond acceptors (Lipinski definition) is 5. The van der Waals surface area contributed by atoms with Gasteiger partial charge in [-0.25, -0.2) is 9.59 Å². The number of aliphatic carboxylic acids is 1. The highest BCUT2D eigenvalue weighted by molar-refractivity contribution is 5.87. The third-order valence-electron chi connectivity index (χ3n) is 2.84. The van der Waals surface area contributed by atoms with Gasteiger partial charge in [0.25, 0.3) is 0 Å². The second kappa shape index (κ2) is 7.43. The molecule has 1 fully saturated rings. The van der Waals surface area contributed by atoms with Crippen LogP contribution in [0.3, 0.4) is 0 Å². The van der Waals surface area contributed by atoms with Gasteiger partial charge in [-0.05, 0) is 12.8 Å².